The zero-order valence-electron chi connectivity index (χ0n) is 23.9. The maximum Gasteiger partial charge on any atom is 0.387 e. The summed E-state index contributed by atoms with van der Waals surface area (Å²) >= 11 is 14.0. The number of carbonyl (C=O) groups excluding carboxylic acids is 1. The third-order valence-corrected chi connectivity index (χ3v) is 11.1. The van der Waals surface area contributed by atoms with E-state index < -0.39 is 34.1 Å². The lowest BCUT2D eigenvalue weighted by molar-refractivity contribution is -0.377. The number of aryl methyl sites for hydroxylation is 1. The molecular weight excluding hydrogens is 673 g/mol. The minimum atomic E-state index is -3.80. The monoisotopic (exact) mass is 704 g/mol. The van der Waals surface area contributed by atoms with Gasteiger partial charge in [-0.15, -0.1) is 11.8 Å². The molecule has 1 saturated carbocycles. The van der Waals surface area contributed by atoms with E-state index in [4.69, 9.17) is 32.7 Å². The number of halogens is 4. The Morgan fingerprint density at radius 3 is 2.44 bits per heavy atom. The van der Waals surface area contributed by atoms with Crippen molar-refractivity contribution < 1.29 is 46.7 Å². The Labute approximate surface area is 274 Å². The highest BCUT2D eigenvalue weighted by molar-refractivity contribution is 8.02. The van der Waals surface area contributed by atoms with Crippen LogP contribution in [0.4, 0.5) is 8.78 Å². The molecule has 2 aliphatic rings. The zero-order chi connectivity index (χ0) is 31.3. The van der Waals surface area contributed by atoms with Crippen LogP contribution < -0.4 is 14.5 Å². The lowest BCUT2D eigenvalue weighted by Gasteiger charge is -2.26. The van der Waals surface area contributed by atoms with Gasteiger partial charge in [0, 0.05) is 24.3 Å². The van der Waals surface area contributed by atoms with Gasteiger partial charge in [0.15, 0.2) is 29.3 Å². The highest BCUT2D eigenvalue weighted by Crippen LogP contribution is 2.39. The van der Waals surface area contributed by atoms with Gasteiger partial charge in [-0.25, -0.2) is 18.2 Å². The van der Waals surface area contributed by atoms with Gasteiger partial charge in [0.25, 0.3) is 0 Å². The summed E-state index contributed by atoms with van der Waals surface area (Å²) in [5, 5.41) is -0.510. The van der Waals surface area contributed by atoms with Crippen molar-refractivity contribution in [2.24, 2.45) is 5.92 Å². The normalized spacial score (nSPS) is 17.5. The minimum absolute atomic E-state index is 0. The Hall–Kier alpha value is -2.68. The molecule has 1 aromatic heterocycles. The van der Waals surface area contributed by atoms with Crippen LogP contribution in [-0.4, -0.2) is 60.8 Å². The molecule has 0 radical (unpaired) electrons. The van der Waals surface area contributed by atoms with E-state index in [-0.39, 0.29) is 35.7 Å². The molecule has 1 aliphatic heterocycles. The molecule has 1 aliphatic carbocycles. The molecule has 45 heavy (non-hydrogen) atoms. The van der Waals surface area contributed by atoms with E-state index in [1.807, 2.05) is 30.3 Å². The summed E-state index contributed by atoms with van der Waals surface area (Å²) in [6.45, 7) is -2.57. The maximum absolute atomic E-state index is 13.7. The largest absolute Gasteiger partial charge is 0.870 e. The van der Waals surface area contributed by atoms with E-state index in [0.717, 1.165) is 18.4 Å². The third-order valence-electron chi connectivity index (χ3n) is 7.27. The van der Waals surface area contributed by atoms with Crippen molar-refractivity contribution in [3.8, 4) is 11.5 Å². The van der Waals surface area contributed by atoms with Gasteiger partial charge in [-0.05, 0) is 48.4 Å². The summed E-state index contributed by atoms with van der Waals surface area (Å²) in [6, 6.07) is 13.5. The number of sulfonamides is 1. The molecule has 0 unspecified atom stereocenters. The first-order valence-corrected chi connectivity index (χ1v) is 17.4. The lowest BCUT2D eigenvalue weighted by Crippen LogP contribution is -2.42. The van der Waals surface area contributed by atoms with E-state index in [1.54, 1.807) is 0 Å². The molecule has 2 aromatic carbocycles. The topological polar surface area (TPSA) is 126 Å². The van der Waals surface area contributed by atoms with Crippen LogP contribution in [0, 0.1) is 5.92 Å². The average Bonchev–Trinajstić information content (AvgIpc) is 3.69. The SMILES string of the molecule is O=C(O[C@@H](Cc1c(Cl)c[nH+]cc1Cl)c1ccc(OC(F)F)c(OCC2CC2)c1)[C@@H]1SCCN1S(=O)(=O)CCc1ccccc1.[OH-]. The number of rotatable bonds is 14. The van der Waals surface area contributed by atoms with E-state index in [9.17, 15) is 22.0 Å². The molecule has 5 rings (SSSR count). The predicted octanol–water partition coefficient (Wildman–Crippen LogP) is 5.80. The number of hydrogen-bond donors (Lipinski definition) is 0. The second-order valence-electron chi connectivity index (χ2n) is 10.5. The molecule has 0 amide bonds. The first kappa shape index (κ1) is 35.2. The van der Waals surface area contributed by atoms with Crippen LogP contribution in [0.2, 0.25) is 10.0 Å². The van der Waals surface area contributed by atoms with E-state index in [0.29, 0.717) is 45.9 Å². The summed E-state index contributed by atoms with van der Waals surface area (Å²) in [4.78, 5) is 16.5. The van der Waals surface area contributed by atoms with Crippen LogP contribution in [-0.2, 0) is 32.4 Å². The predicted molar refractivity (Wildman–Crippen MR) is 166 cm³/mol. The Balaban J connectivity index is 0.00000461. The van der Waals surface area contributed by atoms with Crippen molar-refractivity contribution in [3.05, 3.63) is 87.7 Å². The highest BCUT2D eigenvalue weighted by atomic mass is 35.5. The molecule has 2 fully saturated rings. The number of nitrogens with one attached hydrogen (secondary N) is 1. The van der Waals surface area contributed by atoms with Gasteiger partial charge >= 0.3 is 12.6 Å². The fourth-order valence-electron chi connectivity index (χ4n) is 4.74. The van der Waals surface area contributed by atoms with Crippen LogP contribution in [0.1, 0.15) is 35.6 Å². The molecule has 9 nitrogen and oxygen atoms in total. The van der Waals surface area contributed by atoms with Crippen molar-refractivity contribution in [3.63, 3.8) is 0 Å². The number of esters is 1. The number of carbonyl (C=O) groups is 1. The molecule has 244 valence electrons. The molecule has 15 heteroatoms. The second-order valence-corrected chi connectivity index (χ2v) is 14.5. The van der Waals surface area contributed by atoms with Crippen molar-refractivity contribution in [2.45, 2.75) is 43.8 Å². The van der Waals surface area contributed by atoms with Gasteiger partial charge < -0.3 is 19.7 Å². The minimum Gasteiger partial charge on any atom is -0.870 e. The van der Waals surface area contributed by atoms with Crippen molar-refractivity contribution in [1.82, 2.24) is 4.31 Å². The van der Waals surface area contributed by atoms with Crippen LogP contribution in [0.3, 0.4) is 0 Å². The van der Waals surface area contributed by atoms with Gasteiger partial charge in [0.1, 0.15) is 16.1 Å². The summed E-state index contributed by atoms with van der Waals surface area (Å²) in [7, 11) is -3.80. The number of nitrogens with zero attached hydrogens (tertiary/aromatic N) is 1. The summed E-state index contributed by atoms with van der Waals surface area (Å²) in [6.07, 6.45) is 4.33. The van der Waals surface area contributed by atoms with Gasteiger partial charge in [0.2, 0.25) is 10.0 Å². The zero-order valence-corrected chi connectivity index (χ0v) is 27.1. The van der Waals surface area contributed by atoms with E-state index >= 15 is 0 Å². The van der Waals surface area contributed by atoms with E-state index in [1.165, 1.54) is 46.7 Å². The molecule has 2 heterocycles. The Morgan fingerprint density at radius 2 is 1.78 bits per heavy atom. The number of hydrogen-bond acceptors (Lipinski definition) is 8. The lowest BCUT2D eigenvalue weighted by atomic mass is 10.0. The Bertz CT molecular complexity index is 1550. The quantitative estimate of drug-likeness (QED) is 0.193. The molecule has 3 aromatic rings. The number of H-pyrrole nitrogens is 1. The highest BCUT2D eigenvalue weighted by Gasteiger charge is 2.41. The first-order chi connectivity index (χ1) is 21.1. The van der Waals surface area contributed by atoms with Gasteiger partial charge in [-0.1, -0.05) is 59.6 Å². The number of alkyl halides is 2. The van der Waals surface area contributed by atoms with E-state index in [2.05, 4.69) is 9.72 Å². The number of pyridine rings is 1. The summed E-state index contributed by atoms with van der Waals surface area (Å²) < 4.78 is 70.6. The molecular formula is C30H32Cl2F2N2O7S2. The molecule has 2 N–H and O–H groups in total. The summed E-state index contributed by atoms with van der Waals surface area (Å²) in [5.41, 5.74) is 1.76. The van der Waals surface area contributed by atoms with Gasteiger partial charge in [0.05, 0.1) is 12.4 Å². The van der Waals surface area contributed by atoms with Crippen LogP contribution >= 0.6 is 35.0 Å². The number of aromatic amines is 1. The fraction of sp³-hybridized carbons (Fsp3) is 0.400. The first-order valence-electron chi connectivity index (χ1n) is 14.0. The van der Waals surface area contributed by atoms with Gasteiger partial charge in [-0.3, -0.25) is 0 Å². The number of benzene rings is 2. The number of aromatic nitrogens is 1. The molecule has 1 saturated heterocycles. The molecule has 2 atom stereocenters. The average molecular weight is 706 g/mol. The third kappa shape index (κ3) is 9.43. The van der Waals surface area contributed by atoms with Crippen LogP contribution in [0.15, 0.2) is 60.9 Å². The van der Waals surface area contributed by atoms with Crippen LogP contribution in [0.5, 0.6) is 11.5 Å². The fourth-order valence-corrected chi connectivity index (χ4v) is 8.43. The maximum atomic E-state index is 13.7. The smallest absolute Gasteiger partial charge is 0.387 e. The van der Waals surface area contributed by atoms with Crippen LogP contribution in [0.25, 0.3) is 0 Å². The number of ether oxygens (including phenoxy) is 3. The van der Waals surface area contributed by atoms with Crippen molar-refractivity contribution in [2.75, 3.05) is 24.7 Å². The Kier molecular flexibility index (Phi) is 12.3. The Morgan fingerprint density at radius 1 is 1.07 bits per heavy atom. The summed E-state index contributed by atoms with van der Waals surface area (Å²) in [5.74, 6) is -0.247. The van der Waals surface area contributed by atoms with Crippen molar-refractivity contribution >= 4 is 51.0 Å². The standard InChI is InChI=1S/C30H30Cl2F2N2O6S2.H2O/c31-23-16-35-17-24(32)22(23)15-26(21-8-9-25(42-30(33)34)27(14-21)40-18-20-6-7-20)41-29(37)28-36(11-12-43-28)44(38,39)13-10-19-4-2-1-3-5-19;/h1-5,8-9,14,16-17,20,26,28,30H,6-7,10-13,15,18H2;1H2/t26-,28-;/m0./s1. The van der Waals surface area contributed by atoms with Crippen molar-refractivity contribution in [1.29, 1.82) is 0 Å². The molecule has 0 spiro atoms. The second kappa shape index (κ2) is 15.7. The molecule has 0 bridgehead atoms. The number of thioether (sulfide) groups is 1. The van der Waals surface area contributed by atoms with Gasteiger partial charge in [-0.2, -0.15) is 13.1 Å².